The number of thiophene rings is 1. The molecule has 1 aliphatic rings. The first-order valence-electron chi connectivity index (χ1n) is 12.0. The Hall–Kier alpha value is -4.19. The number of hydrogen-bond acceptors (Lipinski definition) is 9. The minimum absolute atomic E-state index is 0.0619. The van der Waals surface area contributed by atoms with E-state index in [2.05, 4.69) is 36.2 Å². The van der Waals surface area contributed by atoms with Crippen LogP contribution in [0, 0.1) is 5.92 Å². The molecule has 0 unspecified atom stereocenters. The highest BCUT2D eigenvalue weighted by Crippen LogP contribution is 2.32. The highest BCUT2D eigenvalue weighted by atomic mass is 32.1. The normalized spacial score (nSPS) is 13.8. The molecular weight excluding hydrogens is 492 g/mol. The van der Waals surface area contributed by atoms with Gasteiger partial charge in [0, 0.05) is 17.4 Å². The van der Waals surface area contributed by atoms with E-state index in [-0.39, 0.29) is 11.9 Å². The van der Waals surface area contributed by atoms with Crippen LogP contribution in [-0.2, 0) is 4.79 Å². The van der Waals surface area contributed by atoms with Gasteiger partial charge in [0.15, 0.2) is 0 Å². The maximum Gasteiger partial charge on any atom is 0.261 e. The van der Waals surface area contributed by atoms with Crippen molar-refractivity contribution in [3.63, 3.8) is 0 Å². The molecule has 3 heterocycles. The topological polar surface area (TPSA) is 148 Å². The summed E-state index contributed by atoms with van der Waals surface area (Å²) in [6, 6.07) is 7.07. The summed E-state index contributed by atoms with van der Waals surface area (Å²) in [5, 5.41) is 20.5. The molecule has 1 aliphatic carbocycles. The maximum atomic E-state index is 12.6. The zero-order valence-electron chi connectivity index (χ0n) is 20.2. The van der Waals surface area contributed by atoms with Crippen molar-refractivity contribution in [3.8, 4) is 27.6 Å². The first-order chi connectivity index (χ1) is 18.1. The summed E-state index contributed by atoms with van der Waals surface area (Å²) in [7, 11) is 1.49. The molecule has 0 atom stereocenters. The SMILES string of the molecule is COc1cc(-c2cncc(-c3cc(NC(=O)CC4CCCCC4)cs3)n2)ccc1C(=O)Nc1nnn[nH]1. The number of rotatable bonds is 8. The summed E-state index contributed by atoms with van der Waals surface area (Å²) in [5.74, 6) is 0.636. The van der Waals surface area contributed by atoms with E-state index in [0.717, 1.165) is 29.0 Å². The van der Waals surface area contributed by atoms with Gasteiger partial charge < -0.3 is 10.1 Å². The fourth-order valence-electron chi connectivity index (χ4n) is 4.45. The van der Waals surface area contributed by atoms with Gasteiger partial charge in [0.25, 0.3) is 5.91 Å². The number of hydrogen-bond donors (Lipinski definition) is 3. The number of nitrogens with one attached hydrogen (secondary N) is 3. The number of methoxy groups -OCH3 is 1. The second-order valence-electron chi connectivity index (χ2n) is 8.86. The van der Waals surface area contributed by atoms with E-state index in [1.807, 2.05) is 11.4 Å². The van der Waals surface area contributed by atoms with E-state index in [4.69, 9.17) is 9.72 Å². The van der Waals surface area contributed by atoms with Crippen LogP contribution < -0.4 is 15.4 Å². The Balaban J connectivity index is 1.29. The van der Waals surface area contributed by atoms with E-state index >= 15 is 0 Å². The Labute approximate surface area is 217 Å². The van der Waals surface area contributed by atoms with Crippen molar-refractivity contribution >= 4 is 34.8 Å². The number of aromatic amines is 1. The lowest BCUT2D eigenvalue weighted by molar-refractivity contribution is -0.117. The molecule has 0 aliphatic heterocycles. The summed E-state index contributed by atoms with van der Waals surface area (Å²) >= 11 is 1.50. The molecule has 3 aromatic heterocycles. The predicted molar refractivity (Wildman–Crippen MR) is 139 cm³/mol. The summed E-state index contributed by atoms with van der Waals surface area (Å²) in [6.45, 7) is 0. The van der Waals surface area contributed by atoms with Crippen LogP contribution in [0.1, 0.15) is 48.9 Å². The minimum Gasteiger partial charge on any atom is -0.496 e. The monoisotopic (exact) mass is 518 g/mol. The van der Waals surface area contributed by atoms with Crippen LogP contribution in [0.15, 0.2) is 42.0 Å². The van der Waals surface area contributed by atoms with Crippen molar-refractivity contribution in [2.24, 2.45) is 5.92 Å². The molecule has 0 radical (unpaired) electrons. The zero-order chi connectivity index (χ0) is 25.6. The summed E-state index contributed by atoms with van der Waals surface area (Å²) in [5.41, 5.74) is 3.14. The quantitative estimate of drug-likeness (QED) is 0.308. The summed E-state index contributed by atoms with van der Waals surface area (Å²) < 4.78 is 5.45. The van der Waals surface area contributed by atoms with Gasteiger partial charge in [-0.2, -0.15) is 0 Å². The number of benzene rings is 1. The molecule has 4 aromatic rings. The third-order valence-electron chi connectivity index (χ3n) is 6.29. The van der Waals surface area contributed by atoms with Crippen LogP contribution in [0.4, 0.5) is 11.6 Å². The fraction of sp³-hybridized carbons (Fsp3) is 0.320. The zero-order valence-corrected chi connectivity index (χ0v) is 21.0. The second kappa shape index (κ2) is 11.2. The molecule has 3 N–H and O–H groups in total. The van der Waals surface area contributed by atoms with Gasteiger partial charge in [-0.15, -0.1) is 11.3 Å². The molecular formula is C25H26N8O3S. The van der Waals surface area contributed by atoms with Gasteiger partial charge in [-0.3, -0.25) is 19.9 Å². The van der Waals surface area contributed by atoms with Gasteiger partial charge in [-0.25, -0.2) is 10.1 Å². The number of H-pyrrole nitrogens is 1. The van der Waals surface area contributed by atoms with E-state index in [9.17, 15) is 9.59 Å². The number of ether oxygens (including phenoxy) is 1. The molecule has 1 saturated carbocycles. The van der Waals surface area contributed by atoms with Gasteiger partial charge in [-0.05, 0) is 47.4 Å². The molecule has 12 heteroatoms. The number of tetrazole rings is 1. The lowest BCUT2D eigenvalue weighted by Crippen LogP contribution is -2.17. The Morgan fingerprint density at radius 3 is 2.73 bits per heavy atom. The second-order valence-corrected chi connectivity index (χ2v) is 9.78. The highest BCUT2D eigenvalue weighted by Gasteiger charge is 2.18. The van der Waals surface area contributed by atoms with Crippen molar-refractivity contribution in [2.45, 2.75) is 38.5 Å². The van der Waals surface area contributed by atoms with E-state index in [0.29, 0.717) is 35.0 Å². The standard InChI is InChI=1S/C25H26N8O3S/c1-36-21-10-16(7-8-18(21)24(35)29-25-30-32-33-31-25)19-12-26-13-20(28-19)22-11-17(14-37-22)27-23(34)9-15-5-3-2-4-6-15/h7-8,10-15H,2-6,9H2,1H3,(H,27,34)(H2,29,30,31,32,33,35). The lowest BCUT2D eigenvalue weighted by Gasteiger charge is -2.20. The first-order valence-corrected chi connectivity index (χ1v) is 12.9. The van der Waals surface area contributed by atoms with Crippen LogP contribution in [0.25, 0.3) is 21.8 Å². The average Bonchev–Trinajstić information content (AvgIpc) is 3.61. The van der Waals surface area contributed by atoms with Crippen molar-refractivity contribution in [3.05, 3.63) is 47.6 Å². The number of amides is 2. The van der Waals surface area contributed by atoms with Crippen LogP contribution >= 0.6 is 11.3 Å². The van der Waals surface area contributed by atoms with Crippen molar-refractivity contribution in [1.82, 2.24) is 30.6 Å². The van der Waals surface area contributed by atoms with Crippen LogP contribution in [0.2, 0.25) is 0 Å². The largest absolute Gasteiger partial charge is 0.496 e. The molecule has 5 rings (SSSR count). The van der Waals surface area contributed by atoms with E-state index < -0.39 is 5.91 Å². The first kappa shape index (κ1) is 24.5. The molecule has 11 nitrogen and oxygen atoms in total. The van der Waals surface area contributed by atoms with E-state index in [1.54, 1.807) is 30.6 Å². The molecule has 2 amide bonds. The molecule has 190 valence electrons. The molecule has 37 heavy (non-hydrogen) atoms. The molecule has 1 aromatic carbocycles. The molecule has 0 saturated heterocycles. The predicted octanol–water partition coefficient (Wildman–Crippen LogP) is 4.56. The average molecular weight is 519 g/mol. The van der Waals surface area contributed by atoms with E-state index in [1.165, 1.54) is 37.7 Å². The lowest BCUT2D eigenvalue weighted by atomic mass is 9.87. The molecule has 0 bridgehead atoms. The third kappa shape index (κ3) is 5.97. The summed E-state index contributed by atoms with van der Waals surface area (Å²) in [4.78, 5) is 35.1. The van der Waals surface area contributed by atoms with Gasteiger partial charge in [-0.1, -0.05) is 30.4 Å². The number of nitrogens with zero attached hydrogens (tertiary/aromatic N) is 5. The van der Waals surface area contributed by atoms with Crippen molar-refractivity contribution in [2.75, 3.05) is 17.7 Å². The van der Waals surface area contributed by atoms with Crippen LogP contribution in [0.3, 0.4) is 0 Å². The third-order valence-corrected chi connectivity index (χ3v) is 7.24. The smallest absolute Gasteiger partial charge is 0.261 e. The minimum atomic E-state index is -0.418. The van der Waals surface area contributed by atoms with Gasteiger partial charge in [0.2, 0.25) is 11.9 Å². The Bertz CT molecular complexity index is 1380. The highest BCUT2D eigenvalue weighted by molar-refractivity contribution is 7.14. The Morgan fingerprint density at radius 2 is 1.95 bits per heavy atom. The number of carbonyl (C=O) groups is 2. The van der Waals surface area contributed by atoms with Crippen LogP contribution in [-0.4, -0.2) is 49.5 Å². The Kier molecular flexibility index (Phi) is 7.45. The molecule has 1 fully saturated rings. The van der Waals surface area contributed by atoms with Gasteiger partial charge in [0.1, 0.15) is 5.75 Å². The van der Waals surface area contributed by atoms with Gasteiger partial charge >= 0.3 is 0 Å². The van der Waals surface area contributed by atoms with Gasteiger partial charge in [0.05, 0.1) is 47.0 Å². The summed E-state index contributed by atoms with van der Waals surface area (Å²) in [6.07, 6.45) is 9.91. The number of anilines is 2. The van der Waals surface area contributed by atoms with Crippen LogP contribution in [0.5, 0.6) is 5.75 Å². The maximum absolute atomic E-state index is 12.6. The van der Waals surface area contributed by atoms with Crippen molar-refractivity contribution < 1.29 is 14.3 Å². The number of aromatic nitrogens is 6. The molecule has 0 spiro atoms. The fourth-order valence-corrected chi connectivity index (χ4v) is 5.25. The Morgan fingerprint density at radius 1 is 1.11 bits per heavy atom. The number of carbonyl (C=O) groups excluding carboxylic acids is 2. The van der Waals surface area contributed by atoms with Crippen molar-refractivity contribution in [1.29, 1.82) is 0 Å².